The molecule has 0 spiro atoms. The lowest BCUT2D eigenvalue weighted by Gasteiger charge is -2.19. The molecule has 0 fully saturated rings. The number of hydrogen-bond acceptors (Lipinski definition) is 0. The lowest BCUT2D eigenvalue weighted by molar-refractivity contribution is 1.75. The van der Waals surface area contributed by atoms with Gasteiger partial charge in [-0.15, -0.1) is 0 Å². The first-order valence-electron chi connectivity index (χ1n) is 7.37. The van der Waals surface area contributed by atoms with Crippen LogP contribution in [0.1, 0.15) is 0 Å². The van der Waals surface area contributed by atoms with Gasteiger partial charge >= 0.3 is 0 Å². The lowest BCUT2D eigenvalue weighted by Crippen LogP contribution is -2.22. The predicted molar refractivity (Wildman–Crippen MR) is 97.8 cm³/mol. The molecule has 0 bridgehead atoms. The summed E-state index contributed by atoms with van der Waals surface area (Å²) < 4.78 is 0. The normalized spacial score (nSPS) is 10.6. The van der Waals surface area contributed by atoms with E-state index in [1.165, 1.54) is 21.4 Å². The number of hydrogen-bond donors (Lipinski definition) is 0. The van der Waals surface area contributed by atoms with Crippen LogP contribution in [0.2, 0.25) is 6.82 Å². The lowest BCUT2D eigenvalue weighted by atomic mass is 9.74. The Hall–Kier alpha value is -1.85. The summed E-state index contributed by atoms with van der Waals surface area (Å²) in [5, 5.41) is 4.23. The topological polar surface area (TPSA) is 0 Å². The van der Waals surface area contributed by atoms with E-state index in [0.717, 1.165) is 7.28 Å². The highest BCUT2D eigenvalue weighted by molar-refractivity contribution is 7.79. The molecule has 0 saturated carbocycles. The van der Waals surface area contributed by atoms with E-state index >= 15 is 0 Å². The average molecular weight is 288 g/mol. The van der Waals surface area contributed by atoms with Gasteiger partial charge in [0.1, 0.15) is 0 Å². The fraction of sp³-hybridized carbons (Fsp3) is 0.0526. The minimum absolute atomic E-state index is 0.463. The summed E-state index contributed by atoms with van der Waals surface area (Å²) >= 11 is 0. The summed E-state index contributed by atoms with van der Waals surface area (Å²) in [6.07, 6.45) is 0. The smallest absolute Gasteiger partial charge is 0.0849 e. The van der Waals surface area contributed by atoms with E-state index in [4.69, 9.17) is 0 Å². The summed E-state index contributed by atoms with van der Waals surface area (Å²) in [5.41, 5.74) is 1.40. The zero-order valence-electron chi connectivity index (χ0n) is 12.2. The second-order valence-electron chi connectivity index (χ2n) is 5.03. The van der Waals surface area contributed by atoms with Crippen LogP contribution in [0.4, 0.5) is 0 Å². The first kappa shape index (κ1) is 14.1. The van der Waals surface area contributed by atoms with Gasteiger partial charge in [0.05, 0.1) is 0 Å². The average Bonchev–Trinajstić information content (AvgIpc) is 2.58. The maximum absolute atomic E-state index is 2.30. The molecule has 0 radical (unpaired) electrons. The second-order valence-corrected chi connectivity index (χ2v) is 7.25. The third-order valence-electron chi connectivity index (χ3n) is 3.63. The molecule has 0 aliphatic rings. The van der Waals surface area contributed by atoms with E-state index in [1.807, 2.05) is 0 Å². The van der Waals surface area contributed by atoms with Gasteiger partial charge in [0.15, 0.2) is 7.28 Å². The van der Waals surface area contributed by atoms with Crippen LogP contribution in [0.15, 0.2) is 84.9 Å². The molecule has 21 heavy (non-hydrogen) atoms. The molecule has 0 atom stereocenters. The molecule has 0 nitrogen and oxygen atoms in total. The van der Waals surface area contributed by atoms with Crippen molar-refractivity contribution in [1.82, 2.24) is 0 Å². The van der Waals surface area contributed by atoms with Crippen molar-refractivity contribution in [3.05, 3.63) is 84.9 Å². The van der Waals surface area contributed by atoms with Crippen molar-refractivity contribution >= 4 is 36.6 Å². The second kappa shape index (κ2) is 6.74. The molecule has 0 aliphatic heterocycles. The fourth-order valence-electron chi connectivity index (χ4n) is 2.48. The van der Waals surface area contributed by atoms with Crippen molar-refractivity contribution in [2.75, 3.05) is 0 Å². The highest BCUT2D eigenvalue weighted by Crippen LogP contribution is 2.31. The minimum atomic E-state index is -0.463. The largest absolute Gasteiger partial charge is 0.154 e. The Morgan fingerprint density at radius 1 is 0.571 bits per heavy atom. The van der Waals surface area contributed by atoms with Crippen LogP contribution in [0.3, 0.4) is 0 Å². The molecule has 3 aromatic carbocycles. The molecule has 102 valence electrons. The Morgan fingerprint density at radius 2 is 1.00 bits per heavy atom. The third kappa shape index (κ3) is 3.25. The third-order valence-corrected chi connectivity index (χ3v) is 6.08. The van der Waals surface area contributed by atoms with Crippen LogP contribution in [0, 0.1) is 0 Å². The summed E-state index contributed by atoms with van der Waals surface area (Å²) in [5.74, 6) is 0. The molecule has 0 N–H and O–H groups in total. The molecule has 0 unspecified atom stereocenters. The van der Waals surface area contributed by atoms with Crippen molar-refractivity contribution in [3.8, 4) is 0 Å². The summed E-state index contributed by atoms with van der Waals surface area (Å²) in [6.45, 7) is 2.20. The van der Waals surface area contributed by atoms with Gasteiger partial charge in [-0.25, -0.2) is 0 Å². The molecule has 2 heteroatoms. The van der Waals surface area contributed by atoms with E-state index in [2.05, 4.69) is 91.8 Å². The first-order valence-corrected chi connectivity index (χ1v) is 8.72. The van der Waals surface area contributed by atoms with E-state index in [1.54, 1.807) is 0 Å². The van der Waals surface area contributed by atoms with Gasteiger partial charge in [0.25, 0.3) is 0 Å². The maximum Gasteiger partial charge on any atom is 0.154 e. The number of rotatable bonds is 4. The van der Waals surface area contributed by atoms with Crippen molar-refractivity contribution < 1.29 is 0 Å². The molecule has 0 heterocycles. The van der Waals surface area contributed by atoms with Crippen LogP contribution in [-0.4, -0.2) is 7.28 Å². The highest BCUT2D eigenvalue weighted by atomic mass is 31.1. The van der Waals surface area contributed by atoms with Gasteiger partial charge in [-0.05, 0) is 23.8 Å². The van der Waals surface area contributed by atoms with Crippen molar-refractivity contribution in [2.45, 2.75) is 6.82 Å². The van der Waals surface area contributed by atoms with Crippen LogP contribution in [-0.2, 0) is 0 Å². The monoisotopic (exact) mass is 288 g/mol. The quantitative estimate of drug-likeness (QED) is 0.511. The summed E-state index contributed by atoms with van der Waals surface area (Å²) in [7, 11) is 0.629. The van der Waals surface area contributed by atoms with E-state index < -0.39 is 7.92 Å². The van der Waals surface area contributed by atoms with Crippen LogP contribution in [0.5, 0.6) is 0 Å². The predicted octanol–water partition coefficient (Wildman–Crippen LogP) is 2.55. The maximum atomic E-state index is 2.30. The molecule has 3 rings (SSSR count). The Bertz CT molecular complexity index is 638. The number of benzene rings is 3. The van der Waals surface area contributed by atoms with Gasteiger partial charge in [0.2, 0.25) is 0 Å². The van der Waals surface area contributed by atoms with Gasteiger partial charge in [0, 0.05) is 0 Å². The van der Waals surface area contributed by atoms with E-state index in [9.17, 15) is 0 Å². The Labute approximate surface area is 128 Å². The zero-order valence-corrected chi connectivity index (χ0v) is 13.1. The first-order chi connectivity index (χ1) is 10.4. The molecule has 0 saturated heterocycles. The van der Waals surface area contributed by atoms with Gasteiger partial charge in [-0.1, -0.05) is 97.2 Å². The molecule has 0 amide bonds. The van der Waals surface area contributed by atoms with Crippen LogP contribution >= 0.6 is 7.92 Å². The fourth-order valence-corrected chi connectivity index (χ4v) is 4.76. The Balaban J connectivity index is 2.07. The Kier molecular flexibility index (Phi) is 4.53. The van der Waals surface area contributed by atoms with Crippen molar-refractivity contribution in [3.63, 3.8) is 0 Å². The molecule has 0 aromatic heterocycles. The summed E-state index contributed by atoms with van der Waals surface area (Å²) in [6, 6.07) is 30.8. The highest BCUT2D eigenvalue weighted by Gasteiger charge is 2.15. The van der Waals surface area contributed by atoms with E-state index in [0.29, 0.717) is 0 Å². The Morgan fingerprint density at radius 3 is 1.43 bits per heavy atom. The van der Waals surface area contributed by atoms with Crippen LogP contribution in [0.25, 0.3) is 0 Å². The molecule has 3 aromatic rings. The van der Waals surface area contributed by atoms with Gasteiger partial charge in [-0.2, -0.15) is 0 Å². The van der Waals surface area contributed by atoms with Gasteiger partial charge in [-0.3, -0.25) is 0 Å². The summed E-state index contributed by atoms with van der Waals surface area (Å²) in [4.78, 5) is 0. The standard InChI is InChI=1S/C19H18BP/c1-20-16-12-14-19(15-13-16)21(17-8-4-2-5-9-17)18-10-6-3-7-11-18/h2-15,20H,1H3. The minimum Gasteiger partial charge on any atom is -0.0849 e. The van der Waals surface area contributed by atoms with E-state index in [-0.39, 0.29) is 0 Å². The zero-order chi connectivity index (χ0) is 14.5. The van der Waals surface area contributed by atoms with Crippen molar-refractivity contribution in [1.29, 1.82) is 0 Å². The molecule has 0 aliphatic carbocycles. The molecular weight excluding hydrogens is 270 g/mol. The van der Waals surface area contributed by atoms with Crippen LogP contribution < -0.4 is 21.4 Å². The molecular formula is C19H18BP. The van der Waals surface area contributed by atoms with Crippen molar-refractivity contribution in [2.24, 2.45) is 0 Å². The van der Waals surface area contributed by atoms with Gasteiger partial charge < -0.3 is 0 Å². The SMILES string of the molecule is CBc1ccc(P(c2ccccc2)c2ccccc2)cc1.